The number of hydrogen-bond donors (Lipinski definition) is 5. The Morgan fingerprint density at radius 2 is 1.79 bits per heavy atom. The number of likely N-dealkylation sites (tertiary alicyclic amines) is 1. The number of aryl methyl sites for hydroxylation is 1. The van der Waals surface area contributed by atoms with Crippen molar-refractivity contribution in [3.05, 3.63) is 48.3 Å². The molecule has 1 saturated heterocycles. The van der Waals surface area contributed by atoms with E-state index in [4.69, 9.17) is 4.74 Å². The first-order valence-electron chi connectivity index (χ1n) is 14.2. The summed E-state index contributed by atoms with van der Waals surface area (Å²) in [5.74, 6) is 0. The van der Waals surface area contributed by atoms with Crippen LogP contribution in [0.15, 0.2) is 47.5 Å². The van der Waals surface area contributed by atoms with Gasteiger partial charge in [-0.15, -0.1) is 5.10 Å². The fourth-order valence-electron chi connectivity index (χ4n) is 5.29. The van der Waals surface area contributed by atoms with Crippen molar-refractivity contribution in [1.82, 2.24) is 24.6 Å². The third kappa shape index (κ3) is 7.82. The molecule has 14 heteroatoms. The lowest BCUT2D eigenvalue weighted by Gasteiger charge is -2.43. The molecule has 1 fully saturated rings. The van der Waals surface area contributed by atoms with E-state index in [9.17, 15) is 28.8 Å². The normalized spacial score (nSPS) is 21.7. The summed E-state index contributed by atoms with van der Waals surface area (Å²) < 4.78 is 35.9. The minimum Gasteiger partial charge on any atom is -0.395 e. The first-order valence-corrected chi connectivity index (χ1v) is 15.6. The number of unbranched alkanes of at least 4 members (excludes halogenated alkanes) is 1. The average Bonchev–Trinajstić information content (AvgIpc) is 3.42. The van der Waals surface area contributed by atoms with E-state index >= 15 is 0 Å². The van der Waals surface area contributed by atoms with E-state index in [1.807, 2.05) is 49.5 Å². The fourth-order valence-corrected chi connectivity index (χ4v) is 6.53. The van der Waals surface area contributed by atoms with Gasteiger partial charge >= 0.3 is 0 Å². The molecule has 2 heterocycles. The average molecular weight is 607 g/mol. The summed E-state index contributed by atoms with van der Waals surface area (Å²) in [6.07, 6.45) is 0.592. The van der Waals surface area contributed by atoms with Gasteiger partial charge in [0.15, 0.2) is 0 Å². The Hall–Kier alpha value is -2.69. The summed E-state index contributed by atoms with van der Waals surface area (Å²) in [4.78, 5) is 3.99. The van der Waals surface area contributed by atoms with Crippen LogP contribution >= 0.6 is 0 Å². The smallest absolute Gasteiger partial charge is 0.241 e. The minimum absolute atomic E-state index is 0.135. The first-order chi connectivity index (χ1) is 20.1. The molecule has 0 amide bonds. The molecular formula is C28H42N6O7S. The van der Waals surface area contributed by atoms with E-state index in [0.29, 0.717) is 31.5 Å². The Kier molecular flexibility index (Phi) is 11.3. The molecule has 232 valence electrons. The van der Waals surface area contributed by atoms with Gasteiger partial charge in [-0.05, 0) is 37.9 Å². The number of sulfonamides is 1. The number of β-amino-alcohol motifs (C(OH)–C–C–N with tert-alkyl or cyclic N) is 1. The van der Waals surface area contributed by atoms with Crippen LogP contribution in [0.4, 0.5) is 5.69 Å². The second kappa shape index (κ2) is 14.7. The highest BCUT2D eigenvalue weighted by molar-refractivity contribution is 7.89. The molecule has 3 aromatic rings. The van der Waals surface area contributed by atoms with Gasteiger partial charge in [0.2, 0.25) is 10.0 Å². The number of piperidine rings is 1. The Labute approximate surface area is 246 Å². The van der Waals surface area contributed by atoms with E-state index in [1.165, 1.54) is 0 Å². The molecule has 0 radical (unpaired) electrons. The van der Waals surface area contributed by atoms with Gasteiger partial charge in [0, 0.05) is 49.8 Å². The number of benzene rings is 2. The molecule has 0 saturated carbocycles. The topological polar surface area (TPSA) is 174 Å². The molecule has 13 nitrogen and oxygen atoms in total. The number of hydrogen-bond acceptors (Lipinski definition) is 11. The Morgan fingerprint density at radius 1 is 1.02 bits per heavy atom. The summed E-state index contributed by atoms with van der Waals surface area (Å²) in [6.45, 7) is 1.63. The number of rotatable bonds is 15. The van der Waals surface area contributed by atoms with Gasteiger partial charge in [0.1, 0.15) is 12.2 Å². The molecule has 0 aliphatic carbocycles. The molecule has 0 unspecified atom stereocenters. The van der Waals surface area contributed by atoms with Crippen LogP contribution in [0, 0.1) is 0 Å². The summed E-state index contributed by atoms with van der Waals surface area (Å²) >= 11 is 0. The molecule has 42 heavy (non-hydrogen) atoms. The maximum atomic E-state index is 13.0. The second-order valence-corrected chi connectivity index (χ2v) is 12.5. The Balaban J connectivity index is 1.15. The lowest BCUT2D eigenvalue weighted by Crippen LogP contribution is -2.62. The highest BCUT2D eigenvalue weighted by Gasteiger charge is 2.40. The van der Waals surface area contributed by atoms with Crippen LogP contribution in [0.3, 0.4) is 0 Å². The third-order valence-corrected chi connectivity index (χ3v) is 9.08. The van der Waals surface area contributed by atoms with Gasteiger partial charge < -0.3 is 30.1 Å². The van der Waals surface area contributed by atoms with Crippen LogP contribution in [-0.2, 0) is 27.7 Å². The molecule has 4 atom stereocenters. The fraction of sp³-hybridized carbons (Fsp3) is 0.571. The number of aromatic nitrogens is 3. The zero-order chi connectivity index (χ0) is 30.3. The molecule has 0 spiro atoms. The Morgan fingerprint density at radius 3 is 2.55 bits per heavy atom. The predicted molar refractivity (Wildman–Crippen MR) is 158 cm³/mol. The second-order valence-electron chi connectivity index (χ2n) is 10.8. The van der Waals surface area contributed by atoms with Crippen molar-refractivity contribution in [1.29, 1.82) is 0 Å². The maximum absolute atomic E-state index is 13.0. The number of fused-ring (bicyclic) bond motifs is 1. The highest BCUT2D eigenvalue weighted by atomic mass is 32.2. The number of aliphatic hydroxyl groups excluding tert-OH is 4. The monoisotopic (exact) mass is 606 g/mol. The molecule has 1 aliphatic heterocycles. The summed E-state index contributed by atoms with van der Waals surface area (Å²) in [5.41, 5.74) is 1.77. The standard InChI is InChI=1S/C28H42N6O7S/c1-32(2)23-10-5-9-22-21(23)8-6-11-26(22)42(39,40)29-12-15-41-16-14-34-17-20(30-31-34)7-3-4-13-33-18-25(36)28(38)27(37)24(33)19-35/h5-6,8-11,17,24-25,27-29,35-38H,3-4,7,12-16,18-19H2,1-2H3/t24-,25+,27-,28-/m1/s1. The van der Waals surface area contributed by atoms with E-state index in [0.717, 1.165) is 29.6 Å². The van der Waals surface area contributed by atoms with Gasteiger partial charge in [-0.3, -0.25) is 4.90 Å². The summed E-state index contributed by atoms with van der Waals surface area (Å²) in [7, 11) is 0.121. The van der Waals surface area contributed by atoms with Crippen LogP contribution in [0.2, 0.25) is 0 Å². The lowest BCUT2D eigenvalue weighted by molar-refractivity contribution is -0.145. The number of ether oxygens (including phenoxy) is 1. The lowest BCUT2D eigenvalue weighted by atomic mass is 9.94. The van der Waals surface area contributed by atoms with E-state index in [2.05, 4.69) is 15.0 Å². The van der Waals surface area contributed by atoms with E-state index < -0.39 is 34.4 Å². The van der Waals surface area contributed by atoms with Crippen LogP contribution < -0.4 is 9.62 Å². The zero-order valence-corrected chi connectivity index (χ0v) is 24.9. The maximum Gasteiger partial charge on any atom is 0.241 e. The number of nitrogens with one attached hydrogen (secondary N) is 1. The summed E-state index contributed by atoms with van der Waals surface area (Å²) in [6, 6.07) is 10.3. The molecule has 4 rings (SSSR count). The van der Waals surface area contributed by atoms with Crippen molar-refractivity contribution in [2.24, 2.45) is 0 Å². The predicted octanol–water partition coefficient (Wildman–Crippen LogP) is -0.426. The van der Waals surface area contributed by atoms with Gasteiger partial charge in [0.25, 0.3) is 0 Å². The Bertz CT molecular complexity index is 1400. The van der Waals surface area contributed by atoms with Crippen LogP contribution in [0.5, 0.6) is 0 Å². The largest absolute Gasteiger partial charge is 0.395 e. The molecule has 1 aromatic heterocycles. The van der Waals surface area contributed by atoms with Crippen LogP contribution in [0.25, 0.3) is 10.8 Å². The highest BCUT2D eigenvalue weighted by Crippen LogP contribution is 2.30. The quantitative estimate of drug-likeness (QED) is 0.142. The summed E-state index contributed by atoms with van der Waals surface area (Å²) in [5, 5.41) is 49.3. The molecule has 0 bridgehead atoms. The van der Waals surface area contributed by atoms with Gasteiger partial charge in [-0.2, -0.15) is 0 Å². The first kappa shape index (κ1) is 32.2. The van der Waals surface area contributed by atoms with Gasteiger partial charge in [0.05, 0.1) is 49.1 Å². The molecule has 5 N–H and O–H groups in total. The van der Waals surface area contributed by atoms with Crippen molar-refractivity contribution >= 4 is 26.5 Å². The number of anilines is 1. The van der Waals surface area contributed by atoms with Crippen molar-refractivity contribution in [3.8, 4) is 0 Å². The molecule has 2 aromatic carbocycles. The van der Waals surface area contributed by atoms with Crippen molar-refractivity contribution in [2.45, 2.75) is 55.1 Å². The minimum atomic E-state index is -3.72. The molecule has 1 aliphatic rings. The zero-order valence-electron chi connectivity index (χ0n) is 24.1. The van der Waals surface area contributed by atoms with E-state index in [-0.39, 0.29) is 31.2 Å². The van der Waals surface area contributed by atoms with Crippen LogP contribution in [0.1, 0.15) is 18.5 Å². The van der Waals surface area contributed by atoms with Crippen molar-refractivity contribution in [3.63, 3.8) is 0 Å². The third-order valence-electron chi connectivity index (χ3n) is 7.56. The van der Waals surface area contributed by atoms with Gasteiger partial charge in [-0.1, -0.05) is 29.5 Å². The van der Waals surface area contributed by atoms with Gasteiger partial charge in [-0.25, -0.2) is 17.8 Å². The number of nitrogens with zero attached hydrogens (tertiary/aromatic N) is 5. The number of aliphatic hydroxyl groups is 4. The van der Waals surface area contributed by atoms with E-state index in [1.54, 1.807) is 21.7 Å². The van der Waals surface area contributed by atoms with Crippen molar-refractivity contribution < 1.29 is 33.6 Å². The molecular weight excluding hydrogens is 564 g/mol. The SMILES string of the molecule is CN(C)c1cccc2c(S(=O)(=O)NCCOCCn3cc(CCCCN4C[C@H](O)[C@@H](O)[C@H](O)[C@H]4CO)nn3)cccc12. The van der Waals surface area contributed by atoms with Crippen molar-refractivity contribution in [2.75, 3.05) is 58.5 Å². The van der Waals surface area contributed by atoms with Crippen LogP contribution in [-0.4, -0.2) is 127 Å².